The molecule has 0 spiro atoms. The second-order valence-corrected chi connectivity index (χ2v) is 4.58. The smallest absolute Gasteiger partial charge is 0.140 e. The Labute approximate surface area is 116 Å². The van der Waals surface area contributed by atoms with Crippen LogP contribution in [0.2, 0.25) is 10.0 Å². The lowest BCUT2D eigenvalue weighted by atomic mass is 10.1. The Morgan fingerprint density at radius 2 is 1.67 bits per heavy atom. The van der Waals surface area contributed by atoms with Crippen LogP contribution in [-0.2, 0) is 0 Å². The molecule has 2 rings (SSSR count). The van der Waals surface area contributed by atoms with E-state index in [2.05, 4.69) is 11.4 Å². The zero-order valence-electron chi connectivity index (χ0n) is 9.40. The Kier molecular flexibility index (Phi) is 4.09. The molecule has 1 atom stereocenters. The molecule has 90 valence electrons. The topological polar surface area (TPSA) is 35.8 Å². The average molecular weight is 277 g/mol. The molecule has 0 saturated carbocycles. The minimum Gasteiger partial charge on any atom is -0.365 e. The predicted molar refractivity (Wildman–Crippen MR) is 74.9 cm³/mol. The van der Waals surface area contributed by atoms with Gasteiger partial charge in [-0.05, 0) is 29.8 Å². The fourth-order valence-corrected chi connectivity index (χ4v) is 1.90. The van der Waals surface area contributed by atoms with Crippen LogP contribution >= 0.6 is 23.2 Å². The van der Waals surface area contributed by atoms with Gasteiger partial charge < -0.3 is 5.32 Å². The van der Waals surface area contributed by atoms with E-state index in [1.807, 2.05) is 30.3 Å². The number of hydrogen-bond donors (Lipinski definition) is 1. The van der Waals surface area contributed by atoms with Crippen LogP contribution in [0.15, 0.2) is 48.5 Å². The number of para-hydroxylation sites is 1. The van der Waals surface area contributed by atoms with Crippen molar-refractivity contribution in [1.29, 1.82) is 5.26 Å². The fourth-order valence-electron chi connectivity index (χ4n) is 1.58. The summed E-state index contributed by atoms with van der Waals surface area (Å²) in [5, 5.41) is 13.5. The quantitative estimate of drug-likeness (QED) is 0.884. The normalized spacial score (nSPS) is 11.6. The van der Waals surface area contributed by atoms with Crippen LogP contribution in [0.5, 0.6) is 0 Å². The number of rotatable bonds is 3. The highest BCUT2D eigenvalue weighted by Crippen LogP contribution is 2.26. The van der Waals surface area contributed by atoms with Gasteiger partial charge in [-0.2, -0.15) is 5.26 Å². The first-order chi connectivity index (χ1) is 8.70. The summed E-state index contributed by atoms with van der Waals surface area (Å²) < 4.78 is 0. The highest BCUT2D eigenvalue weighted by molar-refractivity contribution is 6.33. The third-order valence-electron chi connectivity index (χ3n) is 2.51. The summed E-state index contributed by atoms with van der Waals surface area (Å²) in [4.78, 5) is 0. The highest BCUT2D eigenvalue weighted by Gasteiger charge is 2.11. The monoisotopic (exact) mass is 276 g/mol. The van der Waals surface area contributed by atoms with E-state index in [0.717, 1.165) is 11.3 Å². The van der Waals surface area contributed by atoms with Crippen LogP contribution in [0.4, 0.5) is 5.69 Å². The van der Waals surface area contributed by atoms with Gasteiger partial charge in [0.05, 0.1) is 16.8 Å². The number of anilines is 1. The van der Waals surface area contributed by atoms with Crippen LogP contribution in [0.1, 0.15) is 11.6 Å². The second kappa shape index (κ2) is 5.77. The van der Waals surface area contributed by atoms with Crippen molar-refractivity contribution in [2.45, 2.75) is 6.04 Å². The lowest BCUT2D eigenvalue weighted by Crippen LogP contribution is -2.08. The molecular formula is C14H10Cl2N2. The van der Waals surface area contributed by atoms with Crippen LogP contribution in [0, 0.1) is 11.3 Å². The lowest BCUT2D eigenvalue weighted by molar-refractivity contribution is 0.998. The van der Waals surface area contributed by atoms with Gasteiger partial charge in [-0.15, -0.1) is 0 Å². The van der Waals surface area contributed by atoms with E-state index in [1.165, 1.54) is 0 Å². The van der Waals surface area contributed by atoms with E-state index in [4.69, 9.17) is 23.2 Å². The second-order valence-electron chi connectivity index (χ2n) is 3.74. The molecule has 0 amide bonds. The van der Waals surface area contributed by atoms with Gasteiger partial charge in [0.1, 0.15) is 6.04 Å². The largest absolute Gasteiger partial charge is 0.365 e. The van der Waals surface area contributed by atoms with Gasteiger partial charge >= 0.3 is 0 Å². The molecule has 1 unspecified atom stereocenters. The number of nitrogens with one attached hydrogen (secondary N) is 1. The molecule has 1 N–H and O–H groups in total. The first kappa shape index (κ1) is 12.8. The molecular weight excluding hydrogens is 267 g/mol. The van der Waals surface area contributed by atoms with Crippen LogP contribution < -0.4 is 5.32 Å². The summed E-state index contributed by atoms with van der Waals surface area (Å²) in [6.45, 7) is 0. The summed E-state index contributed by atoms with van der Waals surface area (Å²) in [6, 6.07) is 16.2. The molecule has 2 nitrogen and oxygen atoms in total. The minimum absolute atomic E-state index is 0.456. The Hall–Kier alpha value is -1.69. The molecule has 0 aliphatic rings. The van der Waals surface area contributed by atoms with E-state index in [9.17, 15) is 5.26 Å². The Morgan fingerprint density at radius 3 is 2.28 bits per heavy atom. The molecule has 0 heterocycles. The van der Waals surface area contributed by atoms with Gasteiger partial charge in [0, 0.05) is 5.02 Å². The third kappa shape index (κ3) is 2.95. The van der Waals surface area contributed by atoms with Gasteiger partial charge in [0.15, 0.2) is 0 Å². The van der Waals surface area contributed by atoms with Crippen molar-refractivity contribution in [2.75, 3.05) is 5.32 Å². The van der Waals surface area contributed by atoms with Gasteiger partial charge in [-0.25, -0.2) is 0 Å². The third-order valence-corrected chi connectivity index (χ3v) is 3.09. The molecule has 0 aliphatic carbocycles. The molecule has 0 bridgehead atoms. The Bertz CT molecular complexity index is 573. The molecule has 0 aromatic heterocycles. The highest BCUT2D eigenvalue weighted by atomic mass is 35.5. The van der Waals surface area contributed by atoms with E-state index < -0.39 is 6.04 Å². The molecule has 0 aliphatic heterocycles. The maximum absolute atomic E-state index is 9.21. The van der Waals surface area contributed by atoms with Crippen molar-refractivity contribution < 1.29 is 0 Å². The zero-order chi connectivity index (χ0) is 13.0. The fraction of sp³-hybridized carbons (Fsp3) is 0.0714. The van der Waals surface area contributed by atoms with Gasteiger partial charge in [0.2, 0.25) is 0 Å². The Morgan fingerprint density at radius 1 is 1.00 bits per heavy atom. The SMILES string of the molecule is N#CC(Nc1ccccc1Cl)c1ccc(Cl)cc1. The van der Waals surface area contributed by atoms with E-state index in [0.29, 0.717) is 10.0 Å². The molecule has 0 radical (unpaired) electrons. The maximum atomic E-state index is 9.21. The molecule has 0 saturated heterocycles. The summed E-state index contributed by atoms with van der Waals surface area (Å²) >= 11 is 11.9. The van der Waals surface area contributed by atoms with Crippen molar-refractivity contribution in [1.82, 2.24) is 0 Å². The van der Waals surface area contributed by atoms with Gasteiger partial charge in [-0.1, -0.05) is 47.5 Å². The van der Waals surface area contributed by atoms with Crippen LogP contribution in [-0.4, -0.2) is 0 Å². The average Bonchev–Trinajstić information content (AvgIpc) is 2.39. The van der Waals surface area contributed by atoms with Gasteiger partial charge in [0.25, 0.3) is 0 Å². The zero-order valence-corrected chi connectivity index (χ0v) is 10.9. The van der Waals surface area contributed by atoms with Crippen molar-refractivity contribution in [3.05, 3.63) is 64.1 Å². The lowest BCUT2D eigenvalue weighted by Gasteiger charge is -2.14. The number of halogens is 2. The van der Waals surface area contributed by atoms with E-state index in [-0.39, 0.29) is 0 Å². The van der Waals surface area contributed by atoms with E-state index in [1.54, 1.807) is 18.2 Å². The summed E-state index contributed by atoms with van der Waals surface area (Å²) in [5.74, 6) is 0. The van der Waals surface area contributed by atoms with Crippen molar-refractivity contribution in [3.8, 4) is 6.07 Å². The maximum Gasteiger partial charge on any atom is 0.140 e. The summed E-state index contributed by atoms with van der Waals surface area (Å²) in [5.41, 5.74) is 1.59. The van der Waals surface area contributed by atoms with Crippen molar-refractivity contribution in [3.63, 3.8) is 0 Å². The predicted octanol–water partition coefficient (Wildman–Crippen LogP) is 4.67. The molecule has 0 fully saturated rings. The number of nitrogens with zero attached hydrogens (tertiary/aromatic N) is 1. The first-order valence-corrected chi connectivity index (χ1v) is 6.12. The number of benzene rings is 2. The molecule has 18 heavy (non-hydrogen) atoms. The molecule has 4 heteroatoms. The van der Waals surface area contributed by atoms with Gasteiger partial charge in [-0.3, -0.25) is 0 Å². The number of nitriles is 1. The Balaban J connectivity index is 2.23. The summed E-state index contributed by atoms with van der Waals surface area (Å²) in [7, 11) is 0. The van der Waals surface area contributed by atoms with Crippen LogP contribution in [0.3, 0.4) is 0 Å². The van der Waals surface area contributed by atoms with Crippen molar-refractivity contribution >= 4 is 28.9 Å². The standard InChI is InChI=1S/C14H10Cl2N2/c15-11-7-5-10(6-8-11)14(9-17)18-13-4-2-1-3-12(13)16/h1-8,14,18H. The first-order valence-electron chi connectivity index (χ1n) is 5.37. The van der Waals surface area contributed by atoms with E-state index >= 15 is 0 Å². The molecule has 2 aromatic carbocycles. The van der Waals surface area contributed by atoms with Crippen LogP contribution in [0.25, 0.3) is 0 Å². The minimum atomic E-state index is -0.456. The number of hydrogen-bond acceptors (Lipinski definition) is 2. The summed E-state index contributed by atoms with van der Waals surface area (Å²) in [6.07, 6.45) is 0. The molecule has 2 aromatic rings. The van der Waals surface area contributed by atoms with Crippen molar-refractivity contribution in [2.24, 2.45) is 0 Å².